The molecule has 0 atom stereocenters. The first kappa shape index (κ1) is 20.9. The molecule has 0 unspecified atom stereocenters. The molecule has 0 aliphatic heterocycles. The topological polar surface area (TPSA) is 64.7 Å². The molecule has 1 saturated carbocycles. The molecule has 1 N–H and O–H groups in total. The van der Waals surface area contributed by atoms with Gasteiger partial charge in [0, 0.05) is 12.1 Å². The molecule has 4 rings (SSSR count). The van der Waals surface area contributed by atoms with Gasteiger partial charge in [0.1, 0.15) is 23.1 Å². The van der Waals surface area contributed by atoms with Crippen molar-refractivity contribution in [1.82, 2.24) is 19.6 Å². The van der Waals surface area contributed by atoms with Gasteiger partial charge in [0.05, 0.1) is 16.7 Å². The molecule has 1 amide bonds. The fraction of sp³-hybridized carbons (Fsp3) is 0.316. The molecule has 6 nitrogen and oxygen atoms in total. The maximum atomic E-state index is 13.3. The minimum absolute atomic E-state index is 0.112. The summed E-state index contributed by atoms with van der Waals surface area (Å²) < 4.78 is 42.7. The zero-order valence-corrected chi connectivity index (χ0v) is 17.8. The van der Waals surface area contributed by atoms with Crippen LogP contribution in [0.15, 0.2) is 34.9 Å². The maximum Gasteiger partial charge on any atom is 0.283 e. The third kappa shape index (κ3) is 4.54. The van der Waals surface area contributed by atoms with Crippen molar-refractivity contribution < 1.29 is 18.0 Å². The number of nitrogens with zero attached hydrogens (tertiary/aromatic N) is 4. The van der Waals surface area contributed by atoms with Crippen molar-refractivity contribution >= 4 is 39.3 Å². The van der Waals surface area contributed by atoms with E-state index < -0.39 is 12.3 Å². The Morgan fingerprint density at radius 3 is 2.77 bits per heavy atom. The van der Waals surface area contributed by atoms with E-state index in [1.807, 2.05) is 0 Å². The molecule has 1 aromatic carbocycles. The molecule has 1 aliphatic rings. The van der Waals surface area contributed by atoms with E-state index in [-0.39, 0.29) is 45.8 Å². The Morgan fingerprint density at radius 2 is 2.10 bits per heavy atom. The molecule has 30 heavy (non-hydrogen) atoms. The van der Waals surface area contributed by atoms with Crippen molar-refractivity contribution in [2.75, 3.05) is 5.32 Å². The molecule has 2 heterocycles. The number of nitrogens with one attached hydrogen (secondary N) is 1. The van der Waals surface area contributed by atoms with Crippen LogP contribution in [-0.2, 0) is 17.9 Å². The Balaban J connectivity index is 1.47. The van der Waals surface area contributed by atoms with Gasteiger partial charge in [-0.3, -0.25) is 14.2 Å². The number of alkyl halides is 2. The summed E-state index contributed by atoms with van der Waals surface area (Å²) in [6.45, 7) is 0.0211. The van der Waals surface area contributed by atoms with Crippen molar-refractivity contribution in [2.24, 2.45) is 0 Å². The molecule has 1 fully saturated rings. The first-order chi connectivity index (χ1) is 14.3. The van der Waals surface area contributed by atoms with Gasteiger partial charge in [0.25, 0.3) is 6.43 Å². The van der Waals surface area contributed by atoms with Crippen molar-refractivity contribution in [2.45, 2.75) is 38.3 Å². The highest BCUT2D eigenvalue weighted by molar-refractivity contribution is 9.10. The van der Waals surface area contributed by atoms with Gasteiger partial charge in [0.15, 0.2) is 5.82 Å². The second-order valence-electron chi connectivity index (χ2n) is 7.02. The fourth-order valence-corrected chi connectivity index (χ4v) is 4.15. The fourth-order valence-electron chi connectivity index (χ4n) is 3.17. The Hall–Kier alpha value is -2.33. The molecule has 0 spiro atoms. The van der Waals surface area contributed by atoms with E-state index in [0.29, 0.717) is 11.3 Å². The van der Waals surface area contributed by atoms with Gasteiger partial charge in [-0.25, -0.2) is 13.2 Å². The van der Waals surface area contributed by atoms with E-state index in [1.165, 1.54) is 27.7 Å². The Kier molecular flexibility index (Phi) is 5.88. The van der Waals surface area contributed by atoms with E-state index in [0.717, 1.165) is 12.8 Å². The second kappa shape index (κ2) is 8.43. The lowest BCUT2D eigenvalue weighted by Gasteiger charge is -2.07. The lowest BCUT2D eigenvalue weighted by molar-refractivity contribution is -0.117. The van der Waals surface area contributed by atoms with Gasteiger partial charge in [-0.15, -0.1) is 0 Å². The van der Waals surface area contributed by atoms with Crippen LogP contribution in [0.4, 0.5) is 19.0 Å². The smallest absolute Gasteiger partial charge is 0.283 e. The SMILES string of the molecule is O=C(Cn1nc(C(F)F)c(Br)c1C1CC1)Nc1nn(Cc2cccc(F)c2)cc1Cl. The number of rotatable bonds is 7. The van der Waals surface area contributed by atoms with Crippen LogP contribution in [0.3, 0.4) is 0 Å². The van der Waals surface area contributed by atoms with E-state index in [4.69, 9.17) is 11.6 Å². The van der Waals surface area contributed by atoms with Crippen LogP contribution in [0.25, 0.3) is 0 Å². The van der Waals surface area contributed by atoms with Gasteiger partial charge in [-0.05, 0) is 46.5 Å². The van der Waals surface area contributed by atoms with E-state index >= 15 is 0 Å². The summed E-state index contributed by atoms with van der Waals surface area (Å²) in [5.74, 6) is -0.613. The lowest BCUT2D eigenvalue weighted by atomic mass is 10.2. The minimum atomic E-state index is -2.74. The lowest BCUT2D eigenvalue weighted by Crippen LogP contribution is -2.21. The summed E-state index contributed by atoms with van der Waals surface area (Å²) in [6, 6.07) is 6.05. The summed E-state index contributed by atoms with van der Waals surface area (Å²) >= 11 is 9.34. The summed E-state index contributed by atoms with van der Waals surface area (Å²) in [6.07, 6.45) is 0.501. The number of carbonyl (C=O) groups excluding carboxylic acids is 1. The summed E-state index contributed by atoms with van der Waals surface area (Å²) in [7, 11) is 0. The van der Waals surface area contributed by atoms with Gasteiger partial charge >= 0.3 is 0 Å². The highest BCUT2D eigenvalue weighted by Gasteiger charge is 2.34. The van der Waals surface area contributed by atoms with Crippen molar-refractivity contribution in [3.8, 4) is 0 Å². The van der Waals surface area contributed by atoms with Crippen molar-refractivity contribution in [1.29, 1.82) is 0 Å². The third-order valence-corrected chi connectivity index (χ3v) is 5.72. The van der Waals surface area contributed by atoms with Gasteiger partial charge < -0.3 is 5.32 Å². The normalized spacial score (nSPS) is 13.8. The number of aromatic nitrogens is 4. The van der Waals surface area contributed by atoms with Crippen LogP contribution in [0.1, 0.15) is 42.1 Å². The quantitative estimate of drug-likeness (QED) is 0.487. The number of benzene rings is 1. The molecule has 158 valence electrons. The highest BCUT2D eigenvalue weighted by Crippen LogP contribution is 2.45. The Morgan fingerprint density at radius 1 is 1.33 bits per heavy atom. The van der Waals surface area contributed by atoms with Crippen LogP contribution >= 0.6 is 27.5 Å². The summed E-state index contributed by atoms with van der Waals surface area (Å²) in [4.78, 5) is 12.5. The van der Waals surface area contributed by atoms with Crippen LogP contribution < -0.4 is 5.32 Å². The largest absolute Gasteiger partial charge is 0.306 e. The molecule has 0 radical (unpaired) electrons. The van der Waals surface area contributed by atoms with E-state index in [9.17, 15) is 18.0 Å². The minimum Gasteiger partial charge on any atom is -0.306 e. The molecule has 0 saturated heterocycles. The molecule has 0 bridgehead atoms. The maximum absolute atomic E-state index is 13.3. The Labute approximate surface area is 183 Å². The number of amides is 1. The van der Waals surface area contributed by atoms with Crippen LogP contribution in [0, 0.1) is 5.82 Å². The number of hydrogen-bond donors (Lipinski definition) is 1. The number of halogens is 5. The second-order valence-corrected chi connectivity index (χ2v) is 8.22. The molecule has 11 heteroatoms. The predicted octanol–water partition coefficient (Wildman–Crippen LogP) is 5.14. The third-order valence-electron chi connectivity index (χ3n) is 4.63. The predicted molar refractivity (Wildman–Crippen MR) is 108 cm³/mol. The van der Waals surface area contributed by atoms with Gasteiger partial charge in [0.2, 0.25) is 5.91 Å². The van der Waals surface area contributed by atoms with Crippen LogP contribution in [0.5, 0.6) is 0 Å². The van der Waals surface area contributed by atoms with E-state index in [2.05, 4.69) is 31.4 Å². The monoisotopic (exact) mass is 501 g/mol. The summed E-state index contributed by atoms with van der Waals surface area (Å²) in [5.41, 5.74) is 0.910. The van der Waals surface area contributed by atoms with Crippen molar-refractivity contribution in [3.05, 3.63) is 62.7 Å². The van der Waals surface area contributed by atoms with Crippen LogP contribution in [-0.4, -0.2) is 25.5 Å². The first-order valence-corrected chi connectivity index (χ1v) is 10.3. The molecule has 2 aromatic heterocycles. The van der Waals surface area contributed by atoms with Crippen LogP contribution in [0.2, 0.25) is 5.02 Å². The first-order valence-electron chi connectivity index (χ1n) is 9.13. The average Bonchev–Trinajstić information content (AvgIpc) is 3.37. The number of hydrogen-bond acceptors (Lipinski definition) is 3. The zero-order chi connectivity index (χ0) is 21.4. The summed E-state index contributed by atoms with van der Waals surface area (Å²) in [5, 5.41) is 10.9. The van der Waals surface area contributed by atoms with E-state index in [1.54, 1.807) is 12.1 Å². The number of carbonyl (C=O) groups is 1. The van der Waals surface area contributed by atoms with Gasteiger partial charge in [-0.1, -0.05) is 23.7 Å². The zero-order valence-electron chi connectivity index (χ0n) is 15.5. The molecule has 1 aliphatic carbocycles. The molecular weight excluding hydrogens is 487 g/mol. The standard InChI is InChI=1S/C19H16BrClF3N5O/c20-15-16(18(23)24)26-29(17(15)11-4-5-11)9-14(30)25-19-13(21)8-28(27-19)7-10-2-1-3-12(22)6-10/h1-3,6,8,11,18H,4-5,7,9H2,(H,25,27,30). The number of anilines is 1. The highest BCUT2D eigenvalue weighted by atomic mass is 79.9. The molecular formula is C19H16BrClF3N5O. The van der Waals surface area contributed by atoms with Crippen molar-refractivity contribution in [3.63, 3.8) is 0 Å². The Bertz CT molecular complexity index is 1100. The molecule has 3 aromatic rings. The van der Waals surface area contributed by atoms with Gasteiger partial charge in [-0.2, -0.15) is 10.2 Å². The average molecular weight is 503 g/mol.